The number of carbonyl (C=O) groups excluding carboxylic acids is 1. The van der Waals surface area contributed by atoms with Crippen molar-refractivity contribution < 1.29 is 23.7 Å². The Morgan fingerprint density at radius 2 is 2.19 bits per heavy atom. The average molecular weight is 222 g/mol. The highest BCUT2D eigenvalue weighted by Crippen LogP contribution is 2.43. The summed E-state index contributed by atoms with van der Waals surface area (Å²) < 4.78 is 20.3. The Morgan fingerprint density at radius 1 is 1.38 bits per heavy atom. The number of fused-ring (bicyclic) bond motifs is 1. The number of methoxy groups -OCH3 is 1. The van der Waals surface area contributed by atoms with Gasteiger partial charge in [0.25, 0.3) is 0 Å². The second-order valence-electron chi connectivity index (χ2n) is 3.61. The fraction of sp³-hybridized carbons (Fsp3) is 0.364. The third-order valence-corrected chi connectivity index (χ3v) is 2.65. The topological polar surface area (TPSA) is 57.3 Å². The summed E-state index contributed by atoms with van der Waals surface area (Å²) in [5, 5.41) is 0. The molecule has 5 nitrogen and oxygen atoms in total. The minimum atomic E-state index is -0.481. The lowest BCUT2D eigenvalue weighted by atomic mass is 10.1. The van der Waals surface area contributed by atoms with Gasteiger partial charge < -0.3 is 18.9 Å². The first-order valence-electron chi connectivity index (χ1n) is 4.92. The van der Waals surface area contributed by atoms with Crippen LogP contribution in [-0.4, -0.2) is 26.0 Å². The Bertz CT molecular complexity index is 442. The van der Waals surface area contributed by atoms with Crippen molar-refractivity contribution in [3.05, 3.63) is 23.8 Å². The number of epoxide rings is 1. The molecule has 0 amide bonds. The lowest BCUT2D eigenvalue weighted by Gasteiger charge is -1.99. The van der Waals surface area contributed by atoms with Crippen LogP contribution in [0, 0.1) is 0 Å². The molecule has 1 aromatic carbocycles. The third-order valence-electron chi connectivity index (χ3n) is 2.65. The van der Waals surface area contributed by atoms with E-state index in [9.17, 15) is 4.79 Å². The van der Waals surface area contributed by atoms with Gasteiger partial charge in [0.2, 0.25) is 6.79 Å². The Labute approximate surface area is 91.9 Å². The predicted molar refractivity (Wildman–Crippen MR) is 52.2 cm³/mol. The highest BCUT2D eigenvalue weighted by molar-refractivity contribution is 5.78. The van der Waals surface area contributed by atoms with Crippen LogP contribution >= 0.6 is 0 Å². The summed E-state index contributed by atoms with van der Waals surface area (Å²) >= 11 is 0. The van der Waals surface area contributed by atoms with Gasteiger partial charge in [0.05, 0.1) is 7.11 Å². The molecule has 1 fully saturated rings. The van der Waals surface area contributed by atoms with Crippen molar-refractivity contribution >= 4 is 5.97 Å². The maximum absolute atomic E-state index is 11.2. The second kappa shape index (κ2) is 3.38. The maximum Gasteiger partial charge on any atom is 0.338 e. The number of rotatable bonds is 2. The zero-order chi connectivity index (χ0) is 11.1. The number of hydrogen-bond donors (Lipinski definition) is 0. The number of ether oxygens (including phenoxy) is 4. The van der Waals surface area contributed by atoms with E-state index in [1.54, 1.807) is 0 Å². The van der Waals surface area contributed by atoms with E-state index in [4.69, 9.17) is 14.2 Å². The normalized spacial score (nSPS) is 25.3. The molecule has 0 aromatic heterocycles. The summed E-state index contributed by atoms with van der Waals surface area (Å²) in [7, 11) is 1.35. The summed E-state index contributed by atoms with van der Waals surface area (Å²) in [6.07, 6.45) is -0.702. The molecule has 0 aliphatic carbocycles. The minimum absolute atomic E-state index is 0.220. The van der Waals surface area contributed by atoms with E-state index in [2.05, 4.69) is 4.74 Å². The number of carbonyl (C=O) groups is 1. The molecule has 3 rings (SSSR count). The van der Waals surface area contributed by atoms with E-state index in [0.717, 1.165) is 11.3 Å². The molecule has 84 valence electrons. The van der Waals surface area contributed by atoms with Crippen molar-refractivity contribution in [2.75, 3.05) is 13.9 Å². The SMILES string of the molecule is COC(=O)[C@H]1O[C@@H]1c1ccc2c(c1)OCO2. The molecular weight excluding hydrogens is 212 g/mol. The van der Waals surface area contributed by atoms with Crippen LogP contribution in [0.15, 0.2) is 18.2 Å². The molecule has 2 aliphatic rings. The predicted octanol–water partition coefficient (Wildman–Crippen LogP) is 1.03. The minimum Gasteiger partial charge on any atom is -0.467 e. The van der Waals surface area contributed by atoms with Gasteiger partial charge in [-0.05, 0) is 17.7 Å². The first-order valence-corrected chi connectivity index (χ1v) is 4.92. The summed E-state index contributed by atoms with van der Waals surface area (Å²) in [5.41, 5.74) is 0.902. The van der Waals surface area contributed by atoms with Gasteiger partial charge in [-0.2, -0.15) is 0 Å². The van der Waals surface area contributed by atoms with Gasteiger partial charge in [-0.15, -0.1) is 0 Å². The number of esters is 1. The van der Waals surface area contributed by atoms with Gasteiger partial charge in [0.15, 0.2) is 17.6 Å². The molecule has 0 spiro atoms. The van der Waals surface area contributed by atoms with Crippen LogP contribution in [0.3, 0.4) is 0 Å². The highest BCUT2D eigenvalue weighted by Gasteiger charge is 2.47. The van der Waals surface area contributed by atoms with Crippen LogP contribution in [0.1, 0.15) is 11.7 Å². The van der Waals surface area contributed by atoms with Crippen molar-refractivity contribution in [3.63, 3.8) is 0 Å². The van der Waals surface area contributed by atoms with Crippen LogP contribution in [0.25, 0.3) is 0 Å². The molecule has 1 saturated heterocycles. The number of benzene rings is 1. The van der Waals surface area contributed by atoms with Crippen LogP contribution in [-0.2, 0) is 14.3 Å². The quantitative estimate of drug-likeness (QED) is 0.552. The molecule has 0 unspecified atom stereocenters. The smallest absolute Gasteiger partial charge is 0.338 e. The summed E-state index contributed by atoms with van der Waals surface area (Å²) in [4.78, 5) is 11.2. The first kappa shape index (κ1) is 9.47. The van der Waals surface area contributed by atoms with E-state index in [0.29, 0.717) is 5.75 Å². The third kappa shape index (κ3) is 1.40. The zero-order valence-corrected chi connectivity index (χ0v) is 8.64. The van der Waals surface area contributed by atoms with E-state index in [-0.39, 0.29) is 18.9 Å². The van der Waals surface area contributed by atoms with Crippen LogP contribution in [0.4, 0.5) is 0 Å². The Hall–Kier alpha value is -1.75. The summed E-state index contributed by atoms with van der Waals surface area (Å²) in [6, 6.07) is 5.50. The number of hydrogen-bond acceptors (Lipinski definition) is 5. The fourth-order valence-electron chi connectivity index (χ4n) is 1.75. The molecule has 0 saturated carbocycles. The van der Waals surface area contributed by atoms with Crippen molar-refractivity contribution in [3.8, 4) is 11.5 Å². The van der Waals surface area contributed by atoms with Crippen LogP contribution in [0.5, 0.6) is 11.5 Å². The lowest BCUT2D eigenvalue weighted by Crippen LogP contribution is -2.09. The van der Waals surface area contributed by atoms with E-state index < -0.39 is 6.10 Å². The summed E-state index contributed by atoms with van der Waals surface area (Å²) in [6.45, 7) is 0.241. The van der Waals surface area contributed by atoms with Crippen molar-refractivity contribution in [1.29, 1.82) is 0 Å². The van der Waals surface area contributed by atoms with Crippen molar-refractivity contribution in [1.82, 2.24) is 0 Å². The monoisotopic (exact) mass is 222 g/mol. The standard InChI is InChI=1S/C11H10O5/c1-13-11(12)10-9(16-10)6-2-3-7-8(4-6)15-5-14-7/h2-4,9-10H,5H2,1H3/t9-,10+/m1/s1. The highest BCUT2D eigenvalue weighted by atomic mass is 16.7. The molecular formula is C11H10O5. The molecule has 16 heavy (non-hydrogen) atoms. The van der Waals surface area contributed by atoms with Gasteiger partial charge in [0.1, 0.15) is 6.10 Å². The fourth-order valence-corrected chi connectivity index (χ4v) is 1.75. The van der Waals surface area contributed by atoms with Gasteiger partial charge in [0, 0.05) is 0 Å². The molecule has 2 heterocycles. The van der Waals surface area contributed by atoms with Gasteiger partial charge >= 0.3 is 5.97 Å². The molecule has 2 aliphatic heterocycles. The molecule has 1 aromatic rings. The Morgan fingerprint density at radius 3 is 3.00 bits per heavy atom. The largest absolute Gasteiger partial charge is 0.467 e. The van der Waals surface area contributed by atoms with Gasteiger partial charge in [-0.3, -0.25) is 0 Å². The Kier molecular flexibility index (Phi) is 2.00. The maximum atomic E-state index is 11.2. The molecule has 0 N–H and O–H groups in total. The van der Waals surface area contributed by atoms with E-state index >= 15 is 0 Å². The average Bonchev–Trinajstić information content (AvgIpc) is 2.98. The van der Waals surface area contributed by atoms with Crippen molar-refractivity contribution in [2.45, 2.75) is 12.2 Å². The molecule has 5 heteroatoms. The van der Waals surface area contributed by atoms with Crippen molar-refractivity contribution in [2.24, 2.45) is 0 Å². The van der Waals surface area contributed by atoms with Crippen LogP contribution < -0.4 is 9.47 Å². The molecule has 0 bridgehead atoms. The second-order valence-corrected chi connectivity index (χ2v) is 3.61. The van der Waals surface area contributed by atoms with E-state index in [1.807, 2.05) is 18.2 Å². The van der Waals surface area contributed by atoms with Crippen LogP contribution in [0.2, 0.25) is 0 Å². The Balaban J connectivity index is 1.80. The van der Waals surface area contributed by atoms with Gasteiger partial charge in [-0.25, -0.2) is 4.79 Å². The molecule has 2 atom stereocenters. The van der Waals surface area contributed by atoms with Gasteiger partial charge in [-0.1, -0.05) is 6.07 Å². The first-order chi connectivity index (χ1) is 7.79. The zero-order valence-electron chi connectivity index (χ0n) is 8.64. The molecule has 0 radical (unpaired) electrons. The summed E-state index contributed by atoms with van der Waals surface area (Å²) in [5.74, 6) is 1.07. The van der Waals surface area contributed by atoms with E-state index in [1.165, 1.54) is 7.11 Å². The lowest BCUT2D eigenvalue weighted by molar-refractivity contribution is -0.142.